The van der Waals surface area contributed by atoms with Gasteiger partial charge in [-0.15, -0.1) is 0 Å². The van der Waals surface area contributed by atoms with Crippen LogP contribution in [0.4, 0.5) is 0 Å². The molecule has 4 aromatic rings. The van der Waals surface area contributed by atoms with Gasteiger partial charge in [0.05, 0.1) is 0 Å². The van der Waals surface area contributed by atoms with E-state index in [1.165, 1.54) is 41.2 Å². The maximum Gasteiger partial charge on any atom is 0.252 e. The third-order valence-electron chi connectivity index (χ3n) is 6.74. The zero-order valence-electron chi connectivity index (χ0n) is 19.1. The van der Waals surface area contributed by atoms with Gasteiger partial charge in [0.2, 0.25) is 0 Å². The monoisotopic (exact) mass is 450 g/mol. The molecule has 0 radical (unpaired) electrons. The highest BCUT2D eigenvalue weighted by Crippen LogP contribution is 2.44. The number of rotatable bonds is 1. The molecule has 0 amide bonds. The molecule has 4 aromatic carbocycles. The second kappa shape index (κ2) is 8.65. The van der Waals surface area contributed by atoms with E-state index in [1.807, 2.05) is 30.3 Å². The fraction of sp³-hybridized carbons (Fsp3) is 0.194. The predicted molar refractivity (Wildman–Crippen MR) is 141 cm³/mol. The average Bonchev–Trinajstić information content (AvgIpc) is 2.83. The van der Waals surface area contributed by atoms with Crippen LogP contribution in [0, 0.1) is 5.41 Å². The van der Waals surface area contributed by atoms with E-state index in [0.29, 0.717) is 11.0 Å². The molecule has 0 N–H and O–H groups in total. The van der Waals surface area contributed by atoms with Crippen LogP contribution in [-0.2, 0) is 6.42 Å². The van der Waals surface area contributed by atoms with Crippen molar-refractivity contribution in [3.05, 3.63) is 113 Å². The molecule has 33 heavy (non-hydrogen) atoms. The molecule has 2 aliphatic rings. The van der Waals surface area contributed by atoms with Crippen LogP contribution in [-0.4, -0.2) is 5.24 Å². The van der Waals surface area contributed by atoms with Gasteiger partial charge in [-0.25, -0.2) is 0 Å². The Kier molecular flexibility index (Phi) is 5.68. The SMILES string of the molecule is CC1(C)C=CC2=C(CCc3c2ccc2ccccc32)C1.O=C(Cl)c1ccc2ccccc2c1. The Morgan fingerprint density at radius 3 is 2.30 bits per heavy atom. The number of carbonyl (C=O) groups excluding carboxylic acids is 1. The highest BCUT2D eigenvalue weighted by atomic mass is 35.5. The molecule has 0 saturated heterocycles. The molecular formula is C31H27ClO. The smallest absolute Gasteiger partial charge is 0.252 e. The first-order chi connectivity index (χ1) is 15.9. The molecule has 0 bridgehead atoms. The van der Waals surface area contributed by atoms with Crippen molar-refractivity contribution in [2.75, 3.05) is 0 Å². The first-order valence-corrected chi connectivity index (χ1v) is 11.9. The first-order valence-electron chi connectivity index (χ1n) is 11.5. The summed E-state index contributed by atoms with van der Waals surface area (Å²) in [4.78, 5) is 10.9. The van der Waals surface area contributed by atoms with Gasteiger partial charge in [-0.2, -0.15) is 0 Å². The van der Waals surface area contributed by atoms with Gasteiger partial charge in [-0.1, -0.05) is 98.3 Å². The van der Waals surface area contributed by atoms with E-state index in [2.05, 4.69) is 62.4 Å². The lowest BCUT2D eigenvalue weighted by Crippen LogP contribution is -2.16. The molecule has 0 fully saturated rings. The minimum atomic E-state index is -0.411. The maximum atomic E-state index is 10.9. The van der Waals surface area contributed by atoms with Gasteiger partial charge in [-0.05, 0) is 86.7 Å². The van der Waals surface area contributed by atoms with Crippen molar-refractivity contribution in [3.63, 3.8) is 0 Å². The summed E-state index contributed by atoms with van der Waals surface area (Å²) in [6.07, 6.45) is 8.39. The van der Waals surface area contributed by atoms with Gasteiger partial charge in [0.15, 0.2) is 0 Å². The van der Waals surface area contributed by atoms with Crippen molar-refractivity contribution in [1.29, 1.82) is 0 Å². The number of halogens is 1. The van der Waals surface area contributed by atoms with Crippen LogP contribution in [0.25, 0.3) is 27.1 Å². The molecule has 0 atom stereocenters. The van der Waals surface area contributed by atoms with Crippen LogP contribution in [0.3, 0.4) is 0 Å². The number of benzene rings is 4. The number of carbonyl (C=O) groups is 1. The molecule has 6 rings (SSSR count). The standard InChI is InChI=1S/C20H20.C11H7ClO/c1-20(2)12-11-17-15(13-20)8-10-18-16-6-4-3-5-14(16)7-9-19(17)18;12-11(13)10-6-5-8-3-1-2-4-9(8)7-10/h3-7,9,11-12H,8,10,13H2,1-2H3;1-7H. The van der Waals surface area contributed by atoms with Crippen molar-refractivity contribution in [2.24, 2.45) is 5.41 Å². The Balaban J connectivity index is 0.000000152. The summed E-state index contributed by atoms with van der Waals surface area (Å²) in [5.74, 6) is 0. The summed E-state index contributed by atoms with van der Waals surface area (Å²) in [7, 11) is 0. The molecule has 2 heteroatoms. The molecule has 2 aliphatic carbocycles. The third-order valence-corrected chi connectivity index (χ3v) is 6.95. The summed E-state index contributed by atoms with van der Waals surface area (Å²) < 4.78 is 0. The zero-order valence-corrected chi connectivity index (χ0v) is 19.8. The van der Waals surface area contributed by atoms with E-state index in [-0.39, 0.29) is 0 Å². The van der Waals surface area contributed by atoms with Gasteiger partial charge in [0, 0.05) is 5.56 Å². The number of hydrogen-bond donors (Lipinski definition) is 0. The van der Waals surface area contributed by atoms with Crippen LogP contribution in [0.5, 0.6) is 0 Å². The highest BCUT2D eigenvalue weighted by Gasteiger charge is 2.27. The fourth-order valence-corrected chi connectivity index (χ4v) is 5.20. The Morgan fingerprint density at radius 2 is 1.52 bits per heavy atom. The summed E-state index contributed by atoms with van der Waals surface area (Å²) >= 11 is 5.36. The first kappa shape index (κ1) is 21.7. The lowest BCUT2D eigenvalue weighted by molar-refractivity contribution is 0.108. The minimum absolute atomic E-state index is 0.327. The van der Waals surface area contributed by atoms with Gasteiger partial charge >= 0.3 is 0 Å². The van der Waals surface area contributed by atoms with E-state index in [0.717, 1.165) is 10.8 Å². The van der Waals surface area contributed by atoms with Crippen LogP contribution < -0.4 is 0 Å². The molecule has 0 unspecified atom stereocenters. The molecule has 1 nitrogen and oxygen atoms in total. The van der Waals surface area contributed by atoms with Crippen LogP contribution in [0.15, 0.2) is 96.6 Å². The van der Waals surface area contributed by atoms with E-state index >= 15 is 0 Å². The second-order valence-electron chi connectivity index (χ2n) is 9.66. The Morgan fingerprint density at radius 1 is 0.818 bits per heavy atom. The van der Waals surface area contributed by atoms with Gasteiger partial charge in [0.1, 0.15) is 0 Å². The highest BCUT2D eigenvalue weighted by molar-refractivity contribution is 6.67. The normalized spacial score (nSPS) is 16.1. The molecule has 0 heterocycles. The maximum absolute atomic E-state index is 10.9. The van der Waals surface area contributed by atoms with E-state index in [9.17, 15) is 4.79 Å². The van der Waals surface area contributed by atoms with Gasteiger partial charge < -0.3 is 0 Å². The number of aryl methyl sites for hydroxylation is 1. The van der Waals surface area contributed by atoms with E-state index in [1.54, 1.807) is 23.3 Å². The lowest BCUT2D eigenvalue weighted by atomic mass is 9.72. The quantitative estimate of drug-likeness (QED) is 0.265. The molecular weight excluding hydrogens is 424 g/mol. The van der Waals surface area contributed by atoms with Gasteiger partial charge in [0.25, 0.3) is 5.24 Å². The number of hydrogen-bond acceptors (Lipinski definition) is 1. The molecule has 164 valence electrons. The Labute approximate surface area is 200 Å². The zero-order chi connectivity index (χ0) is 23.0. The third kappa shape index (κ3) is 4.38. The predicted octanol–water partition coefficient (Wildman–Crippen LogP) is 8.74. The van der Waals surface area contributed by atoms with Crippen molar-refractivity contribution >= 4 is 44.0 Å². The lowest BCUT2D eigenvalue weighted by Gasteiger charge is -2.32. The molecule has 0 saturated carbocycles. The second-order valence-corrected chi connectivity index (χ2v) is 10.0. The average molecular weight is 451 g/mol. The summed E-state index contributed by atoms with van der Waals surface area (Å²) in [6.45, 7) is 4.67. The van der Waals surface area contributed by atoms with Crippen molar-refractivity contribution in [1.82, 2.24) is 0 Å². The van der Waals surface area contributed by atoms with Crippen LogP contribution >= 0.6 is 11.6 Å². The number of allylic oxidation sites excluding steroid dienone is 4. The molecule has 0 spiro atoms. The summed E-state index contributed by atoms with van der Waals surface area (Å²) in [6, 6.07) is 26.7. The topological polar surface area (TPSA) is 17.1 Å². The Bertz CT molecular complexity index is 1440. The molecule has 0 aliphatic heterocycles. The van der Waals surface area contributed by atoms with Crippen molar-refractivity contribution in [2.45, 2.75) is 33.1 Å². The van der Waals surface area contributed by atoms with Crippen molar-refractivity contribution in [3.8, 4) is 0 Å². The minimum Gasteiger partial charge on any atom is -0.276 e. The number of fused-ring (bicyclic) bond motifs is 5. The van der Waals surface area contributed by atoms with E-state index in [4.69, 9.17) is 11.6 Å². The molecule has 0 aromatic heterocycles. The summed E-state index contributed by atoms with van der Waals surface area (Å²) in [5.41, 5.74) is 7.03. The van der Waals surface area contributed by atoms with E-state index < -0.39 is 5.24 Å². The van der Waals surface area contributed by atoms with Crippen LogP contribution in [0.2, 0.25) is 0 Å². The summed E-state index contributed by atoms with van der Waals surface area (Å²) in [5, 5.41) is 4.55. The largest absolute Gasteiger partial charge is 0.276 e. The fourth-order valence-electron chi connectivity index (χ4n) is 5.08. The van der Waals surface area contributed by atoms with Gasteiger partial charge in [-0.3, -0.25) is 4.79 Å². The van der Waals surface area contributed by atoms with Crippen molar-refractivity contribution < 1.29 is 4.79 Å². The Hall–Kier alpha value is -3.16. The van der Waals surface area contributed by atoms with Crippen LogP contribution in [0.1, 0.15) is 48.2 Å².